The average Bonchev–Trinajstić information content (AvgIpc) is 2.55. The van der Waals surface area contributed by atoms with Gasteiger partial charge in [0.2, 0.25) is 0 Å². The fraction of sp³-hybridized carbons (Fsp3) is 0.273. The number of halogens is 2. The number of aliphatic hydroxyl groups is 1. The zero-order valence-corrected chi connectivity index (χ0v) is 15.9. The summed E-state index contributed by atoms with van der Waals surface area (Å²) >= 11 is 0. The van der Waals surface area contributed by atoms with Gasteiger partial charge in [-0.2, -0.15) is 0 Å². The van der Waals surface area contributed by atoms with Gasteiger partial charge in [0.15, 0.2) is 5.78 Å². The molecule has 0 bridgehead atoms. The van der Waals surface area contributed by atoms with Crippen LogP contribution in [0.25, 0.3) is 6.08 Å². The predicted molar refractivity (Wildman–Crippen MR) is 102 cm³/mol. The van der Waals surface area contributed by atoms with Gasteiger partial charge in [0.25, 0.3) is 0 Å². The smallest absolute Gasteiger partial charge is 0.328 e. The second-order valence-electron chi connectivity index (χ2n) is 7.45. The Bertz CT molecular complexity index is 922. The van der Waals surface area contributed by atoms with Crippen molar-refractivity contribution in [2.45, 2.75) is 32.8 Å². The van der Waals surface area contributed by atoms with Crippen LogP contribution in [0.5, 0.6) is 0 Å². The van der Waals surface area contributed by atoms with E-state index in [1.807, 2.05) is 0 Å². The Kier molecular flexibility index (Phi) is 6.14. The zero-order chi connectivity index (χ0) is 21.1. The van der Waals surface area contributed by atoms with Crippen molar-refractivity contribution in [1.29, 1.82) is 0 Å². The van der Waals surface area contributed by atoms with Gasteiger partial charge in [-0.05, 0) is 42.4 Å². The third-order valence-electron chi connectivity index (χ3n) is 4.75. The van der Waals surface area contributed by atoms with Crippen LogP contribution in [0.3, 0.4) is 0 Å². The van der Waals surface area contributed by atoms with Gasteiger partial charge >= 0.3 is 5.97 Å². The van der Waals surface area contributed by atoms with E-state index in [2.05, 4.69) is 0 Å². The highest BCUT2D eigenvalue weighted by molar-refractivity contribution is 5.94. The first-order valence-corrected chi connectivity index (χ1v) is 8.65. The lowest BCUT2D eigenvalue weighted by molar-refractivity contribution is -0.131. The van der Waals surface area contributed by atoms with Crippen molar-refractivity contribution >= 4 is 17.8 Å². The average molecular weight is 388 g/mol. The molecular formula is C22H22F2O4. The standard InChI is InChI=1S/C22H22F2O4/c1-14(10-20(26)27)8-9-22(28)16(11-18(25)13-21(22,2)3)6-4-15-5-7-17(23)12-19(15)24/h4-12,28H,13H2,1-3H3,(H,26,27)/b6-4+,9-8+,14-10-/t22-/m1/s1. The molecule has 1 atom stereocenters. The summed E-state index contributed by atoms with van der Waals surface area (Å²) in [6, 6.07) is 3.11. The van der Waals surface area contributed by atoms with Crippen LogP contribution in [0, 0.1) is 17.0 Å². The van der Waals surface area contributed by atoms with Crippen LogP contribution < -0.4 is 0 Å². The van der Waals surface area contributed by atoms with Gasteiger partial charge < -0.3 is 10.2 Å². The molecule has 1 aliphatic rings. The molecule has 4 nitrogen and oxygen atoms in total. The van der Waals surface area contributed by atoms with Crippen molar-refractivity contribution in [1.82, 2.24) is 0 Å². The zero-order valence-electron chi connectivity index (χ0n) is 15.9. The van der Waals surface area contributed by atoms with Crippen LogP contribution >= 0.6 is 0 Å². The van der Waals surface area contributed by atoms with Gasteiger partial charge in [-0.15, -0.1) is 0 Å². The summed E-state index contributed by atoms with van der Waals surface area (Å²) in [6.45, 7) is 5.00. The first-order valence-electron chi connectivity index (χ1n) is 8.65. The van der Waals surface area contributed by atoms with E-state index in [0.29, 0.717) is 5.57 Å². The van der Waals surface area contributed by atoms with E-state index in [0.717, 1.165) is 18.2 Å². The first kappa shape index (κ1) is 21.4. The first-order chi connectivity index (χ1) is 12.9. The maximum absolute atomic E-state index is 13.9. The Morgan fingerprint density at radius 3 is 2.50 bits per heavy atom. The molecule has 0 saturated heterocycles. The summed E-state index contributed by atoms with van der Waals surface area (Å²) in [5.74, 6) is -2.78. The van der Waals surface area contributed by atoms with Gasteiger partial charge in [-0.25, -0.2) is 13.6 Å². The SMILES string of the molecule is CC(=C/C(=O)O)/C=C/[C@@]1(O)C(/C=C/c2ccc(F)cc2F)=CC(=O)CC1(C)C. The number of carboxylic acids is 1. The van der Waals surface area contributed by atoms with Crippen LogP contribution in [0.4, 0.5) is 8.78 Å². The molecule has 1 aromatic carbocycles. The van der Waals surface area contributed by atoms with Crippen molar-refractivity contribution in [2.24, 2.45) is 5.41 Å². The largest absolute Gasteiger partial charge is 0.478 e. The lowest BCUT2D eigenvalue weighted by Gasteiger charge is -2.44. The monoisotopic (exact) mass is 388 g/mol. The molecule has 2 N–H and O–H groups in total. The van der Waals surface area contributed by atoms with Crippen LogP contribution in [-0.2, 0) is 9.59 Å². The molecular weight excluding hydrogens is 366 g/mol. The fourth-order valence-electron chi connectivity index (χ4n) is 3.10. The number of hydrogen-bond acceptors (Lipinski definition) is 3. The molecule has 1 aliphatic carbocycles. The summed E-state index contributed by atoms with van der Waals surface area (Å²) in [5, 5.41) is 20.2. The van der Waals surface area contributed by atoms with E-state index in [1.165, 1.54) is 36.4 Å². The predicted octanol–water partition coefficient (Wildman–Crippen LogP) is 4.22. The minimum Gasteiger partial charge on any atom is -0.478 e. The number of hydrogen-bond donors (Lipinski definition) is 2. The van der Waals surface area contributed by atoms with Crippen LogP contribution in [-0.4, -0.2) is 27.6 Å². The highest BCUT2D eigenvalue weighted by Crippen LogP contribution is 2.45. The number of carboxylic acid groups (broad SMARTS) is 1. The summed E-state index contributed by atoms with van der Waals surface area (Å²) < 4.78 is 27.0. The van der Waals surface area contributed by atoms with E-state index < -0.39 is 28.6 Å². The molecule has 0 radical (unpaired) electrons. The van der Waals surface area contributed by atoms with E-state index in [9.17, 15) is 23.5 Å². The number of benzene rings is 1. The number of aliphatic carboxylic acids is 1. The summed E-state index contributed by atoms with van der Waals surface area (Å²) in [6.07, 6.45) is 8.02. The topological polar surface area (TPSA) is 74.6 Å². The molecule has 0 aromatic heterocycles. The Morgan fingerprint density at radius 1 is 1.21 bits per heavy atom. The van der Waals surface area contributed by atoms with Crippen molar-refractivity contribution in [3.05, 3.63) is 76.9 Å². The fourth-order valence-corrected chi connectivity index (χ4v) is 3.10. The van der Waals surface area contributed by atoms with Gasteiger partial charge in [0.1, 0.15) is 17.2 Å². The Labute approximate surface area is 162 Å². The lowest BCUT2D eigenvalue weighted by atomic mass is 9.64. The molecule has 1 aromatic rings. The van der Waals surface area contributed by atoms with Crippen molar-refractivity contribution in [2.75, 3.05) is 0 Å². The van der Waals surface area contributed by atoms with Gasteiger partial charge in [-0.3, -0.25) is 4.79 Å². The number of carbonyl (C=O) groups is 2. The van der Waals surface area contributed by atoms with Crippen LogP contribution in [0.2, 0.25) is 0 Å². The summed E-state index contributed by atoms with van der Waals surface area (Å²) in [5.41, 5.74) is -1.74. The normalized spacial score (nSPS) is 22.7. The number of carbonyl (C=O) groups excluding carboxylic acids is 1. The van der Waals surface area contributed by atoms with Crippen molar-refractivity contribution in [3.8, 4) is 0 Å². The molecule has 0 amide bonds. The second kappa shape index (κ2) is 8.02. The number of allylic oxidation sites excluding steroid dienone is 3. The van der Waals surface area contributed by atoms with E-state index >= 15 is 0 Å². The van der Waals surface area contributed by atoms with E-state index in [1.54, 1.807) is 20.8 Å². The van der Waals surface area contributed by atoms with Crippen molar-refractivity contribution in [3.63, 3.8) is 0 Å². The number of rotatable bonds is 5. The summed E-state index contributed by atoms with van der Waals surface area (Å²) in [7, 11) is 0. The van der Waals surface area contributed by atoms with Crippen LogP contribution in [0.15, 0.2) is 59.7 Å². The molecule has 28 heavy (non-hydrogen) atoms. The van der Waals surface area contributed by atoms with Crippen LogP contribution in [0.1, 0.15) is 32.8 Å². The van der Waals surface area contributed by atoms with Gasteiger partial charge in [0, 0.05) is 29.5 Å². The third kappa shape index (κ3) is 4.70. The quantitative estimate of drug-likeness (QED) is 0.585. The van der Waals surface area contributed by atoms with E-state index in [-0.39, 0.29) is 23.3 Å². The molecule has 0 saturated carbocycles. The molecule has 0 aliphatic heterocycles. The van der Waals surface area contributed by atoms with E-state index in [4.69, 9.17) is 5.11 Å². The Hall–Kier alpha value is -2.86. The molecule has 2 rings (SSSR count). The Balaban J connectivity index is 2.48. The third-order valence-corrected chi connectivity index (χ3v) is 4.75. The number of ketones is 1. The summed E-state index contributed by atoms with van der Waals surface area (Å²) in [4.78, 5) is 22.9. The van der Waals surface area contributed by atoms with Crippen molar-refractivity contribution < 1.29 is 28.6 Å². The Morgan fingerprint density at radius 2 is 1.89 bits per heavy atom. The molecule has 148 valence electrons. The second-order valence-corrected chi connectivity index (χ2v) is 7.45. The minimum atomic E-state index is -1.60. The van der Waals surface area contributed by atoms with Gasteiger partial charge in [0.05, 0.1) is 0 Å². The molecule has 0 fully saturated rings. The van der Waals surface area contributed by atoms with Gasteiger partial charge in [-0.1, -0.05) is 32.1 Å². The lowest BCUT2D eigenvalue weighted by Crippen LogP contribution is -2.48. The highest BCUT2D eigenvalue weighted by atomic mass is 19.1. The minimum absolute atomic E-state index is 0.0811. The molecule has 0 spiro atoms. The molecule has 0 heterocycles. The maximum atomic E-state index is 13.9. The maximum Gasteiger partial charge on any atom is 0.328 e. The molecule has 6 heteroatoms. The molecule has 0 unspecified atom stereocenters. The highest BCUT2D eigenvalue weighted by Gasteiger charge is 2.47.